The van der Waals surface area contributed by atoms with Crippen LogP contribution in [0.25, 0.3) is 0 Å². The van der Waals surface area contributed by atoms with Crippen LogP contribution in [0.5, 0.6) is 5.75 Å². The van der Waals surface area contributed by atoms with Crippen molar-refractivity contribution in [1.82, 2.24) is 5.32 Å². The minimum atomic E-state index is -0.125. The SMILES string of the molecule is CCNCc1ccccc1NC(=O)c1ccc(OCC2CCCO2)cc1.Cl. The third kappa shape index (κ3) is 6.24. The Morgan fingerprint density at radius 1 is 1.19 bits per heavy atom. The second kappa shape index (κ2) is 10.9. The van der Waals surface area contributed by atoms with Gasteiger partial charge in [-0.2, -0.15) is 0 Å². The van der Waals surface area contributed by atoms with Gasteiger partial charge in [-0.3, -0.25) is 4.79 Å². The van der Waals surface area contributed by atoms with Gasteiger partial charge in [-0.05, 0) is 55.3 Å². The summed E-state index contributed by atoms with van der Waals surface area (Å²) in [5.74, 6) is 0.629. The summed E-state index contributed by atoms with van der Waals surface area (Å²) in [6, 6.07) is 15.1. The fourth-order valence-electron chi connectivity index (χ4n) is 2.92. The zero-order valence-electron chi connectivity index (χ0n) is 15.6. The Morgan fingerprint density at radius 2 is 1.96 bits per heavy atom. The van der Waals surface area contributed by atoms with Crippen molar-refractivity contribution < 1.29 is 14.3 Å². The molecule has 1 saturated heterocycles. The van der Waals surface area contributed by atoms with Crippen molar-refractivity contribution in [2.45, 2.75) is 32.4 Å². The van der Waals surface area contributed by atoms with E-state index in [2.05, 4.69) is 17.6 Å². The van der Waals surface area contributed by atoms with E-state index in [0.717, 1.165) is 49.5 Å². The zero-order chi connectivity index (χ0) is 18.2. The molecule has 1 atom stereocenters. The van der Waals surface area contributed by atoms with Crippen LogP contribution in [-0.4, -0.2) is 31.8 Å². The number of halogens is 1. The van der Waals surface area contributed by atoms with Crippen molar-refractivity contribution in [2.75, 3.05) is 25.1 Å². The van der Waals surface area contributed by atoms with Gasteiger partial charge in [0.1, 0.15) is 12.4 Å². The molecule has 0 aromatic heterocycles. The maximum atomic E-state index is 12.5. The lowest BCUT2D eigenvalue weighted by Gasteiger charge is -2.13. The minimum Gasteiger partial charge on any atom is -0.491 e. The Bertz CT molecular complexity index is 716. The number of hydrogen-bond acceptors (Lipinski definition) is 4. The molecule has 1 heterocycles. The highest BCUT2D eigenvalue weighted by Crippen LogP contribution is 2.19. The smallest absolute Gasteiger partial charge is 0.255 e. The molecule has 0 bridgehead atoms. The van der Waals surface area contributed by atoms with E-state index >= 15 is 0 Å². The number of para-hydroxylation sites is 1. The summed E-state index contributed by atoms with van der Waals surface area (Å²) in [5.41, 5.74) is 2.50. The summed E-state index contributed by atoms with van der Waals surface area (Å²) in [5, 5.41) is 6.28. The van der Waals surface area contributed by atoms with Gasteiger partial charge in [0, 0.05) is 24.4 Å². The van der Waals surface area contributed by atoms with Gasteiger partial charge in [-0.25, -0.2) is 0 Å². The second-order valence-corrected chi connectivity index (χ2v) is 6.36. The number of anilines is 1. The molecule has 0 radical (unpaired) electrons. The number of hydrogen-bond donors (Lipinski definition) is 2. The molecule has 0 spiro atoms. The van der Waals surface area contributed by atoms with E-state index in [1.807, 2.05) is 36.4 Å². The van der Waals surface area contributed by atoms with Crippen LogP contribution < -0.4 is 15.4 Å². The number of carbonyl (C=O) groups is 1. The van der Waals surface area contributed by atoms with Crippen LogP contribution in [0.15, 0.2) is 48.5 Å². The average molecular weight is 391 g/mol. The molecule has 1 unspecified atom stereocenters. The summed E-state index contributed by atoms with van der Waals surface area (Å²) >= 11 is 0. The summed E-state index contributed by atoms with van der Waals surface area (Å²) in [4.78, 5) is 12.5. The first kappa shape index (κ1) is 21.2. The van der Waals surface area contributed by atoms with Crippen molar-refractivity contribution in [3.05, 3.63) is 59.7 Å². The van der Waals surface area contributed by atoms with Gasteiger partial charge in [-0.15, -0.1) is 12.4 Å². The molecular formula is C21H27ClN2O3. The summed E-state index contributed by atoms with van der Waals surface area (Å²) in [6.45, 7) is 5.05. The van der Waals surface area contributed by atoms with E-state index in [1.54, 1.807) is 12.1 Å². The quantitative estimate of drug-likeness (QED) is 0.714. The van der Waals surface area contributed by atoms with Crippen LogP contribution in [0.4, 0.5) is 5.69 Å². The normalized spacial score (nSPS) is 15.8. The zero-order valence-corrected chi connectivity index (χ0v) is 16.4. The summed E-state index contributed by atoms with van der Waals surface area (Å²) in [6.07, 6.45) is 2.33. The van der Waals surface area contributed by atoms with Crippen LogP contribution in [0.3, 0.4) is 0 Å². The Kier molecular flexibility index (Phi) is 8.58. The number of amides is 1. The monoisotopic (exact) mass is 390 g/mol. The van der Waals surface area contributed by atoms with Gasteiger partial charge in [0.15, 0.2) is 0 Å². The number of ether oxygens (including phenoxy) is 2. The average Bonchev–Trinajstić information content (AvgIpc) is 3.20. The first-order valence-corrected chi connectivity index (χ1v) is 9.20. The lowest BCUT2D eigenvalue weighted by atomic mass is 10.1. The molecule has 0 aliphatic carbocycles. The Hall–Kier alpha value is -2.08. The topological polar surface area (TPSA) is 59.6 Å². The molecular weight excluding hydrogens is 364 g/mol. The van der Waals surface area contributed by atoms with Crippen LogP contribution in [0, 0.1) is 0 Å². The van der Waals surface area contributed by atoms with Crippen LogP contribution in [0.2, 0.25) is 0 Å². The van der Waals surface area contributed by atoms with E-state index < -0.39 is 0 Å². The fraction of sp³-hybridized carbons (Fsp3) is 0.381. The van der Waals surface area contributed by atoms with E-state index in [4.69, 9.17) is 9.47 Å². The maximum Gasteiger partial charge on any atom is 0.255 e. The molecule has 1 aliphatic heterocycles. The van der Waals surface area contributed by atoms with Crippen LogP contribution in [0.1, 0.15) is 35.7 Å². The van der Waals surface area contributed by atoms with E-state index in [-0.39, 0.29) is 24.4 Å². The van der Waals surface area contributed by atoms with Crippen molar-refractivity contribution in [3.8, 4) is 5.75 Å². The summed E-state index contributed by atoms with van der Waals surface area (Å²) in [7, 11) is 0. The molecule has 2 N–H and O–H groups in total. The number of rotatable bonds is 8. The van der Waals surface area contributed by atoms with Gasteiger partial charge >= 0.3 is 0 Å². The highest BCUT2D eigenvalue weighted by molar-refractivity contribution is 6.04. The highest BCUT2D eigenvalue weighted by Gasteiger charge is 2.16. The Labute approximate surface area is 166 Å². The molecule has 1 amide bonds. The largest absolute Gasteiger partial charge is 0.491 e. The van der Waals surface area contributed by atoms with Crippen molar-refractivity contribution in [2.24, 2.45) is 0 Å². The molecule has 3 rings (SSSR count). The standard InChI is InChI=1S/C21H26N2O3.ClH/c1-2-22-14-17-6-3-4-8-20(17)23-21(24)16-9-11-18(12-10-16)26-15-19-7-5-13-25-19;/h3-4,6,8-12,19,22H,2,5,7,13-15H2,1H3,(H,23,24);1H. The number of carbonyl (C=O) groups excluding carboxylic acids is 1. The Morgan fingerprint density at radius 3 is 2.67 bits per heavy atom. The van der Waals surface area contributed by atoms with E-state index in [0.29, 0.717) is 12.2 Å². The molecule has 1 aliphatic rings. The lowest BCUT2D eigenvalue weighted by molar-refractivity contribution is 0.0679. The first-order chi connectivity index (χ1) is 12.8. The first-order valence-electron chi connectivity index (χ1n) is 9.20. The van der Waals surface area contributed by atoms with Gasteiger partial charge in [0.2, 0.25) is 0 Å². The maximum absolute atomic E-state index is 12.5. The van der Waals surface area contributed by atoms with Gasteiger partial charge in [0.05, 0.1) is 6.10 Å². The third-order valence-electron chi connectivity index (χ3n) is 4.41. The molecule has 0 saturated carbocycles. The van der Waals surface area contributed by atoms with Gasteiger partial charge < -0.3 is 20.1 Å². The fourth-order valence-corrected chi connectivity index (χ4v) is 2.92. The second-order valence-electron chi connectivity index (χ2n) is 6.36. The van der Waals surface area contributed by atoms with Crippen molar-refractivity contribution >= 4 is 24.0 Å². The predicted molar refractivity (Wildman–Crippen MR) is 110 cm³/mol. The van der Waals surface area contributed by atoms with Gasteiger partial charge in [-0.1, -0.05) is 25.1 Å². The minimum absolute atomic E-state index is 0. The lowest BCUT2D eigenvalue weighted by Crippen LogP contribution is -2.17. The summed E-state index contributed by atoms with van der Waals surface area (Å²) < 4.78 is 11.3. The molecule has 5 nitrogen and oxygen atoms in total. The molecule has 1 fully saturated rings. The number of nitrogens with one attached hydrogen (secondary N) is 2. The van der Waals surface area contributed by atoms with Crippen LogP contribution >= 0.6 is 12.4 Å². The molecule has 27 heavy (non-hydrogen) atoms. The van der Waals surface area contributed by atoms with E-state index in [1.165, 1.54) is 0 Å². The molecule has 146 valence electrons. The predicted octanol–water partition coefficient (Wildman–Crippen LogP) is 4.03. The van der Waals surface area contributed by atoms with Crippen molar-refractivity contribution in [3.63, 3.8) is 0 Å². The van der Waals surface area contributed by atoms with Crippen molar-refractivity contribution in [1.29, 1.82) is 0 Å². The van der Waals surface area contributed by atoms with Gasteiger partial charge in [0.25, 0.3) is 5.91 Å². The van der Waals surface area contributed by atoms with Crippen LogP contribution in [-0.2, 0) is 11.3 Å². The molecule has 6 heteroatoms. The highest BCUT2D eigenvalue weighted by atomic mass is 35.5. The Balaban J connectivity index is 0.00000261. The number of benzene rings is 2. The molecule has 2 aromatic rings. The third-order valence-corrected chi connectivity index (χ3v) is 4.41. The van der Waals surface area contributed by atoms with E-state index in [9.17, 15) is 4.79 Å². The molecule has 2 aromatic carbocycles.